The molecule has 0 spiro atoms. The molecule has 11 N–H and O–H groups in total. The Balaban J connectivity index is 1.63. The largest absolute Gasteiger partial charge is 0.508 e. The van der Waals surface area contributed by atoms with Gasteiger partial charge in [0.25, 0.3) is 0 Å². The molecule has 1 aliphatic heterocycles. The van der Waals surface area contributed by atoms with Gasteiger partial charge in [0.2, 0.25) is 29.5 Å². The molecule has 5 atom stereocenters. The molecule has 57 heavy (non-hydrogen) atoms. The highest BCUT2D eigenvalue weighted by Crippen LogP contribution is 2.28. The van der Waals surface area contributed by atoms with Crippen molar-refractivity contribution in [1.82, 2.24) is 53.2 Å². The topological polar surface area (TPSA) is 226 Å². The number of benzene rings is 2. The van der Waals surface area contributed by atoms with E-state index in [0.29, 0.717) is 50.9 Å². The van der Waals surface area contributed by atoms with Gasteiger partial charge in [-0.05, 0) is 121 Å². The van der Waals surface area contributed by atoms with Crippen molar-refractivity contribution in [3.8, 4) is 16.9 Å². The predicted octanol–water partition coefficient (Wildman–Crippen LogP) is -0.590. The standard InChI is InChI=1S/C41H66N10O6/c1-42-18-7-12-31(44-3)26-49-38(54)32(45-4)13-9-20-47-37(53)17-21-48-39(55)35-23-27-10-6-11-28(22-27)29-15-16-36(52)30(24-29)25-34(46-5)41(57)50-33(40(56)51-35)14-8-19-43-2/h6,10-11,15-16,22,24,31-35,42-46,52H,7-9,12-14,17-21,23,25-26H2,1-5H3,(H,47,53)(H,48,55)(H,49,54)(H,50,57)(H,51,56)/t31-,32-,33-,34-,35-/m0/s1. The minimum Gasteiger partial charge on any atom is -0.508 e. The molecule has 5 amide bonds. The van der Waals surface area contributed by atoms with Gasteiger partial charge in [0.1, 0.15) is 17.8 Å². The minimum absolute atomic E-state index is 0.0219. The van der Waals surface area contributed by atoms with Gasteiger partial charge in [0.15, 0.2) is 0 Å². The Morgan fingerprint density at radius 2 is 1.51 bits per heavy atom. The van der Waals surface area contributed by atoms with Gasteiger partial charge in [0, 0.05) is 44.9 Å². The molecular formula is C41H66N10O6. The lowest BCUT2D eigenvalue weighted by Gasteiger charge is -2.25. The van der Waals surface area contributed by atoms with Crippen LogP contribution in [-0.4, -0.2) is 133 Å². The van der Waals surface area contributed by atoms with Crippen LogP contribution in [0.4, 0.5) is 0 Å². The molecule has 1 heterocycles. The normalized spacial score (nSPS) is 18.2. The summed E-state index contributed by atoms with van der Waals surface area (Å²) in [4.78, 5) is 66.5. The fourth-order valence-electron chi connectivity index (χ4n) is 6.77. The van der Waals surface area contributed by atoms with Crippen LogP contribution in [0.5, 0.6) is 5.75 Å². The summed E-state index contributed by atoms with van der Waals surface area (Å²) in [6.45, 7) is 2.48. The monoisotopic (exact) mass is 795 g/mol. The van der Waals surface area contributed by atoms with Gasteiger partial charge in [-0.2, -0.15) is 0 Å². The molecule has 16 nitrogen and oxygen atoms in total. The van der Waals surface area contributed by atoms with Crippen molar-refractivity contribution < 1.29 is 29.1 Å². The summed E-state index contributed by atoms with van der Waals surface area (Å²) < 4.78 is 0. The molecule has 316 valence electrons. The van der Waals surface area contributed by atoms with E-state index in [4.69, 9.17) is 0 Å². The van der Waals surface area contributed by atoms with E-state index in [1.165, 1.54) is 0 Å². The first-order chi connectivity index (χ1) is 27.5. The lowest BCUT2D eigenvalue weighted by atomic mass is 9.96. The predicted molar refractivity (Wildman–Crippen MR) is 223 cm³/mol. The lowest BCUT2D eigenvalue weighted by molar-refractivity contribution is -0.132. The second-order valence-electron chi connectivity index (χ2n) is 14.5. The second kappa shape index (κ2) is 25.6. The van der Waals surface area contributed by atoms with Crippen LogP contribution in [0.2, 0.25) is 0 Å². The quantitative estimate of drug-likeness (QED) is 0.0676. The maximum Gasteiger partial charge on any atom is 0.243 e. The molecule has 16 heteroatoms. The van der Waals surface area contributed by atoms with E-state index in [-0.39, 0.29) is 49.4 Å². The summed E-state index contributed by atoms with van der Waals surface area (Å²) in [6.07, 6.45) is 4.34. The summed E-state index contributed by atoms with van der Waals surface area (Å²) in [5.74, 6) is -1.65. The van der Waals surface area contributed by atoms with Gasteiger partial charge in [-0.1, -0.05) is 30.3 Å². The molecule has 0 radical (unpaired) electrons. The molecule has 0 aliphatic carbocycles. The summed E-state index contributed by atoms with van der Waals surface area (Å²) >= 11 is 0. The van der Waals surface area contributed by atoms with E-state index in [9.17, 15) is 29.1 Å². The summed E-state index contributed by atoms with van der Waals surface area (Å²) in [7, 11) is 8.99. The smallest absolute Gasteiger partial charge is 0.243 e. The second-order valence-corrected chi connectivity index (χ2v) is 14.5. The number of hydrogen-bond acceptors (Lipinski definition) is 11. The Hall–Kier alpha value is -4.61. The van der Waals surface area contributed by atoms with E-state index < -0.39 is 41.9 Å². The number of nitrogens with one attached hydrogen (secondary N) is 10. The average Bonchev–Trinajstić information content (AvgIpc) is 3.20. The molecule has 3 rings (SSSR count). The van der Waals surface area contributed by atoms with Crippen LogP contribution in [0.25, 0.3) is 11.1 Å². The van der Waals surface area contributed by atoms with Crippen molar-refractivity contribution in [2.24, 2.45) is 0 Å². The van der Waals surface area contributed by atoms with Crippen molar-refractivity contribution in [1.29, 1.82) is 0 Å². The van der Waals surface area contributed by atoms with Crippen molar-refractivity contribution >= 4 is 29.5 Å². The summed E-state index contributed by atoms with van der Waals surface area (Å²) in [6, 6.07) is 9.98. The van der Waals surface area contributed by atoms with E-state index in [1.807, 2.05) is 44.4 Å². The highest BCUT2D eigenvalue weighted by molar-refractivity contribution is 5.93. The zero-order chi connectivity index (χ0) is 41.6. The number of rotatable bonds is 22. The van der Waals surface area contributed by atoms with Crippen molar-refractivity contribution in [2.75, 3.05) is 68.0 Å². The van der Waals surface area contributed by atoms with E-state index in [0.717, 1.165) is 36.1 Å². The average molecular weight is 795 g/mol. The maximum atomic E-state index is 13.8. The third-order valence-corrected chi connectivity index (χ3v) is 10.3. The molecular weight excluding hydrogens is 729 g/mol. The van der Waals surface area contributed by atoms with Gasteiger partial charge in [0.05, 0.1) is 12.1 Å². The Kier molecular flexibility index (Phi) is 21.0. The van der Waals surface area contributed by atoms with Crippen LogP contribution in [0.1, 0.15) is 56.1 Å². The van der Waals surface area contributed by atoms with Gasteiger partial charge in [-0.15, -0.1) is 0 Å². The first kappa shape index (κ1) is 46.8. The molecule has 1 aliphatic rings. The number of fused-ring (bicyclic) bond motifs is 5. The van der Waals surface area contributed by atoms with Crippen LogP contribution in [0.3, 0.4) is 0 Å². The van der Waals surface area contributed by atoms with E-state index in [2.05, 4.69) is 53.2 Å². The number of phenols is 1. The molecule has 0 saturated carbocycles. The molecule has 4 bridgehead atoms. The zero-order valence-electron chi connectivity index (χ0n) is 34.3. The fraction of sp³-hybridized carbons (Fsp3) is 0.585. The van der Waals surface area contributed by atoms with E-state index >= 15 is 0 Å². The van der Waals surface area contributed by atoms with E-state index in [1.54, 1.807) is 33.3 Å². The SMILES string of the molecule is CNCCC[C@@H](CNC(=O)[C@H](CCCNC(=O)CCNC(=O)[C@@H]1Cc2cccc(c2)-c2ccc(O)c(c2)C[C@H](NC)C(=O)N[C@@H](CCCNC)C(=O)N1)NC)NC. The van der Waals surface area contributed by atoms with Crippen molar-refractivity contribution in [3.63, 3.8) is 0 Å². The third kappa shape index (κ3) is 16.0. The Bertz CT molecular complexity index is 1590. The van der Waals surface area contributed by atoms with Gasteiger partial charge in [-0.25, -0.2) is 0 Å². The van der Waals surface area contributed by atoms with Gasteiger partial charge >= 0.3 is 0 Å². The molecule has 0 unspecified atom stereocenters. The molecule has 2 aromatic carbocycles. The van der Waals surface area contributed by atoms with Crippen molar-refractivity contribution in [2.45, 2.75) is 88.0 Å². The maximum absolute atomic E-state index is 13.8. The number of carbonyl (C=O) groups is 5. The number of phenolic OH excluding ortho intramolecular Hbond substituents is 1. The summed E-state index contributed by atoms with van der Waals surface area (Å²) in [5, 5.41) is 40.6. The van der Waals surface area contributed by atoms with Gasteiger partial charge < -0.3 is 58.3 Å². The Morgan fingerprint density at radius 3 is 2.23 bits per heavy atom. The number of carbonyl (C=O) groups excluding carboxylic acids is 5. The van der Waals surface area contributed by atoms with Crippen LogP contribution in [-0.2, 0) is 36.8 Å². The Morgan fingerprint density at radius 1 is 0.772 bits per heavy atom. The zero-order valence-corrected chi connectivity index (χ0v) is 34.3. The minimum atomic E-state index is -0.999. The highest BCUT2D eigenvalue weighted by Gasteiger charge is 2.30. The number of hydrogen-bond donors (Lipinski definition) is 11. The highest BCUT2D eigenvalue weighted by atomic mass is 16.3. The summed E-state index contributed by atoms with van der Waals surface area (Å²) in [5.41, 5.74) is 3.05. The fourth-order valence-corrected chi connectivity index (χ4v) is 6.77. The Labute approximate surface area is 337 Å². The molecule has 2 aromatic rings. The van der Waals surface area contributed by atoms with Crippen LogP contribution in [0.15, 0.2) is 42.5 Å². The van der Waals surface area contributed by atoms with Crippen LogP contribution in [0, 0.1) is 0 Å². The molecule has 0 saturated heterocycles. The number of amides is 5. The molecule has 0 fully saturated rings. The first-order valence-electron chi connectivity index (χ1n) is 20.2. The first-order valence-corrected chi connectivity index (χ1v) is 20.2. The van der Waals surface area contributed by atoms with Crippen LogP contribution < -0.4 is 53.2 Å². The lowest BCUT2D eigenvalue weighted by Crippen LogP contribution is -2.57. The number of aromatic hydroxyl groups is 1. The van der Waals surface area contributed by atoms with Crippen molar-refractivity contribution in [3.05, 3.63) is 53.6 Å². The molecule has 0 aromatic heterocycles. The van der Waals surface area contributed by atoms with Crippen LogP contribution >= 0.6 is 0 Å². The number of likely N-dealkylation sites (N-methyl/N-ethyl adjacent to an activating group) is 3. The van der Waals surface area contributed by atoms with Gasteiger partial charge in [-0.3, -0.25) is 24.0 Å². The third-order valence-electron chi connectivity index (χ3n) is 10.3.